The summed E-state index contributed by atoms with van der Waals surface area (Å²) >= 11 is 8.27. The normalized spacial score (nSPS) is 10.9. The van der Waals surface area contributed by atoms with Gasteiger partial charge in [-0.2, -0.15) is 4.98 Å². The van der Waals surface area contributed by atoms with Crippen molar-refractivity contribution in [3.63, 3.8) is 0 Å². The van der Waals surface area contributed by atoms with Gasteiger partial charge in [-0.3, -0.25) is 14.9 Å². The van der Waals surface area contributed by atoms with Crippen LogP contribution < -0.4 is 15.0 Å². The van der Waals surface area contributed by atoms with Gasteiger partial charge in [0.05, 0.1) is 15.6 Å². The monoisotopic (exact) mass is 555 g/mol. The number of nitrogens with zero attached hydrogens (tertiary/aromatic N) is 2. The van der Waals surface area contributed by atoms with E-state index in [9.17, 15) is 20.0 Å². The standard InChI is InChI=1S/C20H15ClIN3O6/c1-30-15-9-11(6-7-16-23-19(26)17(25(28)29)20(27)24-16)8-14(22)18(15)31-10-12-4-2-3-5-13(12)21/h2-9H,10H2,1H3,(H2,23,24,26,27)/b7-6+. The van der Waals surface area contributed by atoms with Gasteiger partial charge in [0.15, 0.2) is 11.5 Å². The third-order valence-corrected chi connectivity index (χ3v) is 5.26. The Hall–Kier alpha value is -3.12. The Bertz CT molecular complexity index is 1230. The highest BCUT2D eigenvalue weighted by atomic mass is 127. The summed E-state index contributed by atoms with van der Waals surface area (Å²) in [5.41, 5.74) is -0.535. The number of aromatic amines is 1. The van der Waals surface area contributed by atoms with Crippen molar-refractivity contribution in [2.75, 3.05) is 7.11 Å². The SMILES string of the molecule is COc1cc(/C=C/c2nc(O)c([N+](=O)[O-])c(=O)[nH]2)cc(I)c1OCc1ccccc1Cl. The number of benzene rings is 2. The molecule has 0 saturated heterocycles. The Balaban J connectivity index is 1.85. The highest BCUT2D eigenvalue weighted by Crippen LogP contribution is 2.35. The van der Waals surface area contributed by atoms with Crippen molar-refractivity contribution in [1.29, 1.82) is 0 Å². The fourth-order valence-corrected chi connectivity index (χ4v) is 3.60. The molecule has 0 fully saturated rings. The fraction of sp³-hybridized carbons (Fsp3) is 0.100. The third-order valence-electron chi connectivity index (χ3n) is 4.09. The van der Waals surface area contributed by atoms with E-state index in [1.54, 1.807) is 18.2 Å². The molecule has 2 aromatic carbocycles. The van der Waals surface area contributed by atoms with Crippen LogP contribution in [0.25, 0.3) is 12.2 Å². The van der Waals surface area contributed by atoms with Crippen molar-refractivity contribution >= 4 is 52.0 Å². The zero-order valence-electron chi connectivity index (χ0n) is 16.0. The number of rotatable bonds is 7. The third kappa shape index (κ3) is 5.33. The lowest BCUT2D eigenvalue weighted by Crippen LogP contribution is -2.14. The molecule has 0 spiro atoms. The number of nitro groups is 1. The minimum atomic E-state index is -1.05. The van der Waals surface area contributed by atoms with Gasteiger partial charge in [0, 0.05) is 10.6 Å². The first-order valence-corrected chi connectivity index (χ1v) is 10.1. The Morgan fingerprint density at radius 1 is 1.32 bits per heavy atom. The predicted molar refractivity (Wildman–Crippen MR) is 124 cm³/mol. The van der Waals surface area contributed by atoms with Crippen LogP contribution in [0.3, 0.4) is 0 Å². The highest BCUT2D eigenvalue weighted by Gasteiger charge is 2.21. The van der Waals surface area contributed by atoms with Gasteiger partial charge in [0.2, 0.25) is 0 Å². The average Bonchev–Trinajstić information content (AvgIpc) is 2.71. The number of hydrogen-bond donors (Lipinski definition) is 2. The molecule has 0 radical (unpaired) electrons. The summed E-state index contributed by atoms with van der Waals surface area (Å²) in [6.07, 6.45) is 3.01. The molecule has 0 saturated carbocycles. The Morgan fingerprint density at radius 3 is 2.71 bits per heavy atom. The van der Waals surface area contributed by atoms with Crippen LogP contribution in [-0.4, -0.2) is 27.1 Å². The van der Waals surface area contributed by atoms with Crippen LogP contribution in [0.15, 0.2) is 41.2 Å². The molecule has 31 heavy (non-hydrogen) atoms. The first kappa shape index (κ1) is 22.6. The smallest absolute Gasteiger partial charge is 0.395 e. The average molecular weight is 556 g/mol. The molecule has 0 bridgehead atoms. The van der Waals surface area contributed by atoms with Gasteiger partial charge in [-0.25, -0.2) is 0 Å². The van der Waals surface area contributed by atoms with E-state index in [-0.39, 0.29) is 12.4 Å². The molecule has 3 aromatic rings. The second-order valence-electron chi connectivity index (χ2n) is 6.13. The molecule has 3 rings (SSSR count). The Morgan fingerprint density at radius 2 is 2.06 bits per heavy atom. The number of aromatic nitrogens is 2. The largest absolute Gasteiger partial charge is 0.493 e. The lowest BCUT2D eigenvalue weighted by atomic mass is 10.2. The summed E-state index contributed by atoms with van der Waals surface area (Å²) in [5, 5.41) is 21.0. The van der Waals surface area contributed by atoms with Crippen LogP contribution in [0, 0.1) is 13.7 Å². The summed E-state index contributed by atoms with van der Waals surface area (Å²) in [7, 11) is 1.51. The number of H-pyrrole nitrogens is 1. The van der Waals surface area contributed by atoms with Gasteiger partial charge in [-0.05, 0) is 52.4 Å². The first-order chi connectivity index (χ1) is 14.8. The number of nitrogens with one attached hydrogen (secondary N) is 1. The lowest BCUT2D eigenvalue weighted by molar-refractivity contribution is -0.387. The predicted octanol–water partition coefficient (Wildman–Crippen LogP) is 4.40. The van der Waals surface area contributed by atoms with Crippen LogP contribution in [-0.2, 0) is 6.61 Å². The van der Waals surface area contributed by atoms with Crippen molar-refractivity contribution < 1.29 is 19.5 Å². The summed E-state index contributed by atoms with van der Waals surface area (Å²) in [5.74, 6) is 0.0243. The molecule has 1 aromatic heterocycles. The molecule has 0 aliphatic carbocycles. The van der Waals surface area contributed by atoms with Crippen LogP contribution in [0.5, 0.6) is 17.4 Å². The van der Waals surface area contributed by atoms with Gasteiger partial charge in [-0.15, -0.1) is 0 Å². The van der Waals surface area contributed by atoms with Crippen LogP contribution in [0.1, 0.15) is 17.0 Å². The summed E-state index contributed by atoms with van der Waals surface area (Å²) in [4.78, 5) is 27.4. The maximum absolute atomic E-state index is 11.7. The zero-order chi connectivity index (χ0) is 22.5. The number of methoxy groups -OCH3 is 1. The molecule has 0 atom stereocenters. The van der Waals surface area contributed by atoms with E-state index in [0.29, 0.717) is 22.1 Å². The second kappa shape index (κ2) is 9.79. The van der Waals surface area contributed by atoms with Crippen molar-refractivity contribution in [3.8, 4) is 17.4 Å². The topological polar surface area (TPSA) is 128 Å². The van der Waals surface area contributed by atoms with Crippen LogP contribution in [0.4, 0.5) is 5.69 Å². The quantitative estimate of drug-likeness (QED) is 0.251. The molecule has 0 aliphatic heterocycles. The van der Waals surface area contributed by atoms with E-state index in [1.165, 1.54) is 13.2 Å². The Kier molecular flexibility index (Phi) is 7.13. The maximum Gasteiger partial charge on any atom is 0.395 e. The van der Waals surface area contributed by atoms with E-state index in [4.69, 9.17) is 21.1 Å². The number of aromatic hydroxyl groups is 1. The summed E-state index contributed by atoms with van der Waals surface area (Å²) < 4.78 is 12.1. The highest BCUT2D eigenvalue weighted by molar-refractivity contribution is 14.1. The molecular weight excluding hydrogens is 541 g/mol. The zero-order valence-corrected chi connectivity index (χ0v) is 18.9. The molecule has 11 heteroatoms. The summed E-state index contributed by atoms with van der Waals surface area (Å²) in [6, 6.07) is 10.9. The first-order valence-electron chi connectivity index (χ1n) is 8.69. The molecule has 9 nitrogen and oxygen atoms in total. The number of ether oxygens (including phenoxy) is 2. The molecule has 2 N–H and O–H groups in total. The van der Waals surface area contributed by atoms with E-state index >= 15 is 0 Å². The van der Waals surface area contributed by atoms with E-state index in [0.717, 1.165) is 9.13 Å². The number of halogens is 2. The van der Waals surface area contributed by atoms with Gasteiger partial charge in [0.1, 0.15) is 12.4 Å². The van der Waals surface area contributed by atoms with Crippen molar-refractivity contribution in [1.82, 2.24) is 9.97 Å². The molecule has 160 valence electrons. The van der Waals surface area contributed by atoms with E-state index in [1.807, 2.05) is 24.3 Å². The Labute approximate surface area is 194 Å². The van der Waals surface area contributed by atoms with E-state index in [2.05, 4.69) is 32.6 Å². The molecule has 1 heterocycles. The molecule has 0 aliphatic rings. The maximum atomic E-state index is 11.7. The van der Waals surface area contributed by atoms with Gasteiger partial charge in [0.25, 0.3) is 5.88 Å². The van der Waals surface area contributed by atoms with E-state index < -0.39 is 22.0 Å². The second-order valence-corrected chi connectivity index (χ2v) is 7.70. The molecule has 0 unspecified atom stereocenters. The minimum Gasteiger partial charge on any atom is -0.493 e. The van der Waals surface area contributed by atoms with Crippen LogP contribution >= 0.6 is 34.2 Å². The lowest BCUT2D eigenvalue weighted by Gasteiger charge is -2.14. The van der Waals surface area contributed by atoms with Crippen molar-refractivity contribution in [2.24, 2.45) is 0 Å². The van der Waals surface area contributed by atoms with Gasteiger partial charge in [-0.1, -0.05) is 35.9 Å². The molecular formula is C20H15ClIN3O6. The number of hydrogen-bond acceptors (Lipinski definition) is 7. The van der Waals surface area contributed by atoms with Gasteiger partial charge < -0.3 is 19.6 Å². The minimum absolute atomic E-state index is 0.0406. The molecule has 0 amide bonds. The summed E-state index contributed by atoms with van der Waals surface area (Å²) in [6.45, 7) is 0.258. The van der Waals surface area contributed by atoms with Crippen molar-refractivity contribution in [3.05, 3.63) is 82.4 Å². The van der Waals surface area contributed by atoms with Gasteiger partial charge >= 0.3 is 11.2 Å². The fourth-order valence-electron chi connectivity index (χ4n) is 2.63. The van der Waals surface area contributed by atoms with Crippen LogP contribution in [0.2, 0.25) is 5.02 Å². The van der Waals surface area contributed by atoms with Crippen molar-refractivity contribution in [2.45, 2.75) is 6.61 Å².